The fraction of sp³-hybridized carbons (Fsp3) is 0.429. The number of benzene rings is 1. The number of ether oxygens (including phenoxy) is 1. The number of halogens is 1. The van der Waals surface area contributed by atoms with Gasteiger partial charge in [0.1, 0.15) is 6.61 Å². The third-order valence-electron chi connectivity index (χ3n) is 5.74. The highest BCUT2D eigenvalue weighted by Crippen LogP contribution is 2.46. The molecule has 2 fully saturated rings. The molecule has 2 aliphatic rings. The number of carbonyl (C=O) groups excluding carboxylic acids is 1. The molecule has 4 rings (SSSR count). The molecule has 2 aromatic rings. The van der Waals surface area contributed by atoms with Gasteiger partial charge in [0.05, 0.1) is 5.60 Å². The van der Waals surface area contributed by atoms with Gasteiger partial charge in [-0.3, -0.25) is 0 Å². The standard InChI is InChI=1S/C21H23FN2O3/c1-14-18(9-10-19(22)23-14)21(26)11-16-7-8-17(12-21)24(16)20(25)27-13-15-5-3-2-4-6-15/h2-6,9-10,16-17,26H,7-8,11-13H2,1H3. The summed E-state index contributed by atoms with van der Waals surface area (Å²) in [7, 11) is 0. The van der Waals surface area contributed by atoms with E-state index in [1.165, 1.54) is 6.07 Å². The van der Waals surface area contributed by atoms with Crippen molar-refractivity contribution in [2.45, 2.75) is 56.9 Å². The zero-order valence-electron chi connectivity index (χ0n) is 15.3. The minimum absolute atomic E-state index is 0.0820. The van der Waals surface area contributed by atoms with Gasteiger partial charge in [0.2, 0.25) is 5.95 Å². The minimum atomic E-state index is -1.09. The van der Waals surface area contributed by atoms with Gasteiger partial charge in [-0.15, -0.1) is 0 Å². The quantitative estimate of drug-likeness (QED) is 0.837. The van der Waals surface area contributed by atoms with Crippen molar-refractivity contribution in [3.8, 4) is 0 Å². The van der Waals surface area contributed by atoms with Gasteiger partial charge in [-0.05, 0) is 37.5 Å². The van der Waals surface area contributed by atoms with Gasteiger partial charge >= 0.3 is 6.09 Å². The van der Waals surface area contributed by atoms with Crippen molar-refractivity contribution in [1.29, 1.82) is 0 Å². The van der Waals surface area contributed by atoms with Crippen LogP contribution in [-0.2, 0) is 16.9 Å². The van der Waals surface area contributed by atoms with Crippen LogP contribution in [0.25, 0.3) is 0 Å². The summed E-state index contributed by atoms with van der Waals surface area (Å²) in [5.74, 6) is -0.551. The molecule has 2 atom stereocenters. The Kier molecular flexibility index (Phi) is 4.60. The zero-order chi connectivity index (χ0) is 19.0. The zero-order valence-corrected chi connectivity index (χ0v) is 15.3. The molecule has 27 heavy (non-hydrogen) atoms. The smallest absolute Gasteiger partial charge is 0.410 e. The molecule has 1 amide bonds. The highest BCUT2D eigenvalue weighted by Gasteiger charge is 2.51. The SMILES string of the molecule is Cc1nc(F)ccc1C1(O)CC2CCC(C1)N2C(=O)OCc1ccccc1. The first-order valence-electron chi connectivity index (χ1n) is 9.31. The highest BCUT2D eigenvalue weighted by molar-refractivity contribution is 5.69. The Morgan fingerprint density at radius 3 is 2.52 bits per heavy atom. The number of aliphatic hydroxyl groups is 1. The lowest BCUT2D eigenvalue weighted by Crippen LogP contribution is -2.52. The van der Waals surface area contributed by atoms with Crippen molar-refractivity contribution < 1.29 is 19.0 Å². The maximum absolute atomic E-state index is 13.3. The lowest BCUT2D eigenvalue weighted by atomic mass is 9.80. The topological polar surface area (TPSA) is 62.7 Å². The summed E-state index contributed by atoms with van der Waals surface area (Å²) >= 11 is 0. The monoisotopic (exact) mass is 370 g/mol. The van der Waals surface area contributed by atoms with Crippen molar-refractivity contribution in [2.75, 3.05) is 0 Å². The third kappa shape index (κ3) is 3.41. The second-order valence-electron chi connectivity index (χ2n) is 7.54. The first kappa shape index (κ1) is 17.9. The van der Waals surface area contributed by atoms with E-state index in [0.717, 1.165) is 18.4 Å². The number of nitrogens with zero attached hydrogens (tertiary/aromatic N) is 2. The molecule has 0 aliphatic carbocycles. The number of aryl methyl sites for hydroxylation is 1. The number of fused-ring (bicyclic) bond motifs is 2. The summed E-state index contributed by atoms with van der Waals surface area (Å²) in [6.45, 7) is 1.94. The van der Waals surface area contributed by atoms with Crippen LogP contribution in [0.3, 0.4) is 0 Å². The van der Waals surface area contributed by atoms with Gasteiger partial charge in [-0.2, -0.15) is 4.39 Å². The average Bonchev–Trinajstić information content (AvgIpc) is 2.92. The van der Waals surface area contributed by atoms with Crippen LogP contribution in [0.15, 0.2) is 42.5 Å². The summed E-state index contributed by atoms with van der Waals surface area (Å²) in [6.07, 6.45) is 2.17. The lowest BCUT2D eigenvalue weighted by molar-refractivity contribution is -0.0543. The Hall–Kier alpha value is -2.47. The van der Waals surface area contributed by atoms with Gasteiger partial charge in [0.25, 0.3) is 0 Å². The molecular formula is C21H23FN2O3. The first-order chi connectivity index (χ1) is 13.0. The number of carbonyl (C=O) groups is 1. The molecule has 1 N–H and O–H groups in total. The Labute approximate surface area is 157 Å². The van der Waals surface area contributed by atoms with E-state index in [2.05, 4.69) is 4.98 Å². The number of pyridine rings is 1. The number of hydrogen-bond donors (Lipinski definition) is 1. The summed E-state index contributed by atoms with van der Waals surface area (Å²) < 4.78 is 18.8. The summed E-state index contributed by atoms with van der Waals surface area (Å²) in [5.41, 5.74) is 1.00. The number of piperidine rings is 1. The molecular weight excluding hydrogens is 347 g/mol. The van der Waals surface area contributed by atoms with Crippen LogP contribution in [0.1, 0.15) is 42.5 Å². The molecule has 1 aromatic heterocycles. The second kappa shape index (κ2) is 6.93. The largest absolute Gasteiger partial charge is 0.445 e. The Morgan fingerprint density at radius 2 is 1.89 bits per heavy atom. The average molecular weight is 370 g/mol. The molecule has 2 bridgehead atoms. The van der Waals surface area contributed by atoms with E-state index in [9.17, 15) is 14.3 Å². The van der Waals surface area contributed by atoms with E-state index >= 15 is 0 Å². The van der Waals surface area contributed by atoms with Crippen LogP contribution >= 0.6 is 0 Å². The number of rotatable bonds is 3. The molecule has 3 heterocycles. The summed E-state index contributed by atoms with van der Waals surface area (Å²) in [5, 5.41) is 11.3. The summed E-state index contributed by atoms with van der Waals surface area (Å²) in [6, 6.07) is 12.3. The normalized spacial score (nSPS) is 26.9. The van der Waals surface area contributed by atoms with Gasteiger partial charge in [-0.25, -0.2) is 9.78 Å². The molecule has 1 aromatic carbocycles. The van der Waals surface area contributed by atoms with E-state index < -0.39 is 11.5 Å². The fourth-order valence-corrected chi connectivity index (χ4v) is 4.56. The lowest BCUT2D eigenvalue weighted by Gasteiger charge is -2.43. The molecule has 142 valence electrons. The molecule has 2 unspecified atom stereocenters. The van der Waals surface area contributed by atoms with Crippen molar-refractivity contribution >= 4 is 6.09 Å². The van der Waals surface area contributed by atoms with E-state index in [4.69, 9.17) is 4.74 Å². The van der Waals surface area contributed by atoms with Gasteiger partial charge in [0.15, 0.2) is 0 Å². The van der Waals surface area contributed by atoms with E-state index in [-0.39, 0.29) is 24.8 Å². The van der Waals surface area contributed by atoms with E-state index in [1.54, 1.807) is 17.9 Å². The molecule has 0 spiro atoms. The van der Waals surface area contributed by atoms with Crippen LogP contribution in [0, 0.1) is 12.9 Å². The van der Waals surface area contributed by atoms with Gasteiger partial charge < -0.3 is 14.7 Å². The van der Waals surface area contributed by atoms with Crippen LogP contribution in [-0.4, -0.2) is 33.2 Å². The minimum Gasteiger partial charge on any atom is -0.445 e. The number of aromatic nitrogens is 1. The molecule has 0 radical (unpaired) electrons. The van der Waals surface area contributed by atoms with Crippen molar-refractivity contribution in [2.24, 2.45) is 0 Å². The number of hydrogen-bond acceptors (Lipinski definition) is 4. The van der Waals surface area contributed by atoms with Crippen molar-refractivity contribution in [3.63, 3.8) is 0 Å². The molecule has 5 nitrogen and oxygen atoms in total. The van der Waals surface area contributed by atoms with Crippen LogP contribution < -0.4 is 0 Å². The third-order valence-corrected chi connectivity index (χ3v) is 5.74. The maximum atomic E-state index is 13.3. The molecule has 0 saturated carbocycles. The molecule has 2 saturated heterocycles. The Balaban J connectivity index is 1.47. The van der Waals surface area contributed by atoms with Gasteiger partial charge in [0, 0.05) is 36.2 Å². The Morgan fingerprint density at radius 1 is 1.22 bits per heavy atom. The van der Waals surface area contributed by atoms with Crippen LogP contribution in [0.2, 0.25) is 0 Å². The summed E-state index contributed by atoms with van der Waals surface area (Å²) in [4.78, 5) is 18.3. The van der Waals surface area contributed by atoms with Crippen LogP contribution in [0.4, 0.5) is 9.18 Å². The predicted molar refractivity (Wildman–Crippen MR) is 97.3 cm³/mol. The van der Waals surface area contributed by atoms with Gasteiger partial charge in [-0.1, -0.05) is 30.3 Å². The molecule has 2 aliphatic heterocycles. The first-order valence-corrected chi connectivity index (χ1v) is 9.31. The molecule has 6 heteroatoms. The van der Waals surface area contributed by atoms with E-state index in [0.29, 0.717) is 24.1 Å². The Bertz CT molecular complexity index is 829. The second-order valence-corrected chi connectivity index (χ2v) is 7.54. The fourth-order valence-electron chi connectivity index (χ4n) is 4.56. The number of amides is 1. The highest BCUT2D eigenvalue weighted by atomic mass is 19.1. The maximum Gasteiger partial charge on any atom is 0.410 e. The van der Waals surface area contributed by atoms with Crippen molar-refractivity contribution in [3.05, 3.63) is 65.2 Å². The van der Waals surface area contributed by atoms with Crippen molar-refractivity contribution in [1.82, 2.24) is 9.88 Å². The van der Waals surface area contributed by atoms with E-state index in [1.807, 2.05) is 30.3 Å². The van der Waals surface area contributed by atoms with Crippen LogP contribution in [0.5, 0.6) is 0 Å². The predicted octanol–water partition coefficient (Wildman–Crippen LogP) is 3.68.